The lowest BCUT2D eigenvalue weighted by atomic mass is 9.97. The van der Waals surface area contributed by atoms with Gasteiger partial charge in [0, 0.05) is 24.0 Å². The Hall–Kier alpha value is -2.06. The largest absolute Gasteiger partial charge is 0.380 e. The van der Waals surface area contributed by atoms with Gasteiger partial charge in [-0.05, 0) is 18.4 Å². The minimum atomic E-state index is 0.447. The Morgan fingerprint density at radius 3 is 2.48 bits per heavy atom. The number of fused-ring (bicyclic) bond motifs is 1. The third-order valence-corrected chi connectivity index (χ3v) is 5.82. The molecule has 1 saturated carbocycles. The smallest absolute Gasteiger partial charge is 0.131 e. The maximum atomic E-state index is 6.08. The lowest BCUT2D eigenvalue weighted by Gasteiger charge is -2.15. The highest BCUT2D eigenvalue weighted by molar-refractivity contribution is 7.18. The summed E-state index contributed by atoms with van der Waals surface area (Å²) in [6.07, 6.45) is 12.1. The summed E-state index contributed by atoms with van der Waals surface area (Å²) in [5, 5.41) is 5.78. The summed E-state index contributed by atoms with van der Waals surface area (Å²) in [4.78, 5) is 4.32. The molecule has 0 bridgehead atoms. The normalized spacial score (nSPS) is 13.5. The number of hydrogen-bond donors (Lipinski definition) is 2. The Balaban J connectivity index is 0.000000280. The van der Waals surface area contributed by atoms with Crippen molar-refractivity contribution >= 4 is 38.8 Å². The van der Waals surface area contributed by atoms with E-state index in [9.17, 15) is 0 Å². The van der Waals surface area contributed by atoms with Gasteiger partial charge in [-0.2, -0.15) is 0 Å². The van der Waals surface area contributed by atoms with Crippen LogP contribution in [0.4, 0.5) is 5.69 Å². The van der Waals surface area contributed by atoms with E-state index in [1.54, 1.807) is 11.3 Å². The number of terminal acetylenes is 1. The number of anilines is 1. The van der Waals surface area contributed by atoms with Crippen LogP contribution in [0, 0.1) is 12.3 Å². The van der Waals surface area contributed by atoms with Gasteiger partial charge in [0.2, 0.25) is 0 Å². The molecule has 1 fully saturated rings. The zero-order valence-corrected chi connectivity index (χ0v) is 18.8. The fraction of sp³-hybridized carbons (Fsp3) is 0.375. The molecule has 4 rings (SSSR count). The van der Waals surface area contributed by atoms with E-state index in [4.69, 9.17) is 23.8 Å². The van der Waals surface area contributed by atoms with Crippen LogP contribution >= 0.6 is 22.9 Å². The van der Waals surface area contributed by atoms with E-state index in [1.165, 1.54) is 37.7 Å². The van der Waals surface area contributed by atoms with Crippen molar-refractivity contribution < 1.29 is 0 Å². The average Bonchev–Trinajstić information content (AvgIpc) is 3.18. The summed E-state index contributed by atoms with van der Waals surface area (Å²) < 4.78 is 1.04. The van der Waals surface area contributed by atoms with Gasteiger partial charge in [-0.25, -0.2) is 4.98 Å². The van der Waals surface area contributed by atoms with Gasteiger partial charge in [0.05, 0.1) is 16.0 Å². The Bertz CT molecular complexity index is 909. The number of benzene rings is 1. The van der Waals surface area contributed by atoms with Crippen molar-refractivity contribution in [3.63, 3.8) is 0 Å². The first kappa shape index (κ1) is 23.2. The van der Waals surface area contributed by atoms with Crippen molar-refractivity contribution in [1.29, 1.82) is 0 Å². The summed E-state index contributed by atoms with van der Waals surface area (Å²) >= 11 is 7.66. The molecular formula is C24H30ClN3S. The van der Waals surface area contributed by atoms with E-state index < -0.39 is 0 Å². The van der Waals surface area contributed by atoms with Gasteiger partial charge >= 0.3 is 0 Å². The second-order valence-electron chi connectivity index (χ2n) is 6.70. The molecule has 0 amide bonds. The molecule has 2 heterocycles. The highest BCUT2D eigenvalue weighted by Crippen LogP contribution is 2.33. The first-order chi connectivity index (χ1) is 14.2. The lowest BCUT2D eigenvalue weighted by molar-refractivity contribution is 0.441. The number of nitrogens with one attached hydrogen (secondary N) is 1. The fourth-order valence-corrected chi connectivity index (χ4v) is 4.27. The van der Waals surface area contributed by atoms with Gasteiger partial charge in [0.25, 0.3) is 0 Å². The maximum absolute atomic E-state index is 6.08. The summed E-state index contributed by atoms with van der Waals surface area (Å²) in [7, 11) is 0. The predicted molar refractivity (Wildman–Crippen MR) is 129 cm³/mol. The zero-order valence-electron chi connectivity index (χ0n) is 17.2. The SMILES string of the molecule is C#Cc1csc2c(NCc3ccccc3)cc(Cl)nc12.CC.NC1CCCCC1. The molecule has 3 aromatic rings. The lowest BCUT2D eigenvalue weighted by Crippen LogP contribution is -2.22. The van der Waals surface area contributed by atoms with Crippen LogP contribution < -0.4 is 11.1 Å². The summed E-state index contributed by atoms with van der Waals surface area (Å²) in [6, 6.07) is 12.6. The van der Waals surface area contributed by atoms with Crippen LogP contribution in [0.15, 0.2) is 41.8 Å². The van der Waals surface area contributed by atoms with E-state index in [1.807, 2.05) is 43.5 Å². The molecule has 5 heteroatoms. The highest BCUT2D eigenvalue weighted by atomic mass is 35.5. The van der Waals surface area contributed by atoms with Crippen LogP contribution in [-0.4, -0.2) is 11.0 Å². The summed E-state index contributed by atoms with van der Waals surface area (Å²) in [5.41, 5.74) is 9.39. The van der Waals surface area contributed by atoms with Gasteiger partial charge in [-0.15, -0.1) is 17.8 Å². The number of halogens is 1. The van der Waals surface area contributed by atoms with Crippen LogP contribution in [0.3, 0.4) is 0 Å². The molecule has 3 nitrogen and oxygen atoms in total. The van der Waals surface area contributed by atoms with Crippen molar-refractivity contribution in [1.82, 2.24) is 4.98 Å². The molecule has 29 heavy (non-hydrogen) atoms. The van der Waals surface area contributed by atoms with Gasteiger partial charge in [-0.1, -0.05) is 81.0 Å². The monoisotopic (exact) mass is 427 g/mol. The zero-order chi connectivity index (χ0) is 21.1. The first-order valence-corrected chi connectivity index (χ1v) is 11.5. The molecule has 0 aliphatic heterocycles. The molecule has 1 aliphatic rings. The Morgan fingerprint density at radius 2 is 1.90 bits per heavy atom. The topological polar surface area (TPSA) is 50.9 Å². The number of rotatable bonds is 3. The molecule has 1 aromatic carbocycles. The number of nitrogens with two attached hydrogens (primary N) is 1. The predicted octanol–water partition coefficient (Wildman–Crippen LogP) is 6.85. The third kappa shape index (κ3) is 7.04. The molecule has 154 valence electrons. The van der Waals surface area contributed by atoms with Crippen molar-refractivity contribution in [2.24, 2.45) is 5.73 Å². The molecule has 1 aliphatic carbocycles. The van der Waals surface area contributed by atoms with Crippen LogP contribution in [0.2, 0.25) is 5.15 Å². The van der Waals surface area contributed by atoms with Crippen molar-refractivity contribution in [3.05, 3.63) is 58.1 Å². The molecule has 3 N–H and O–H groups in total. The molecular weight excluding hydrogens is 398 g/mol. The molecule has 0 saturated heterocycles. The number of nitrogens with zero attached hydrogens (tertiary/aromatic N) is 1. The molecule has 0 atom stereocenters. The van der Waals surface area contributed by atoms with E-state index in [0.29, 0.717) is 11.2 Å². The summed E-state index contributed by atoms with van der Waals surface area (Å²) in [5.74, 6) is 2.64. The Labute approximate surface area is 183 Å². The molecule has 0 unspecified atom stereocenters. The van der Waals surface area contributed by atoms with Crippen LogP contribution in [0.25, 0.3) is 10.2 Å². The van der Waals surface area contributed by atoms with Gasteiger partial charge in [-0.3, -0.25) is 0 Å². The van der Waals surface area contributed by atoms with Gasteiger partial charge in [0.1, 0.15) is 10.7 Å². The molecule has 0 spiro atoms. The number of aromatic nitrogens is 1. The van der Waals surface area contributed by atoms with Crippen LogP contribution in [-0.2, 0) is 6.54 Å². The highest BCUT2D eigenvalue weighted by Gasteiger charge is 2.10. The van der Waals surface area contributed by atoms with Crippen molar-refractivity contribution in [2.75, 3.05) is 5.32 Å². The minimum Gasteiger partial charge on any atom is -0.380 e. The second-order valence-corrected chi connectivity index (χ2v) is 7.97. The minimum absolute atomic E-state index is 0.447. The third-order valence-electron chi connectivity index (χ3n) is 4.62. The second kappa shape index (κ2) is 12.5. The van der Waals surface area contributed by atoms with E-state index in [-0.39, 0.29) is 0 Å². The van der Waals surface area contributed by atoms with E-state index in [0.717, 1.165) is 28.0 Å². The number of hydrogen-bond acceptors (Lipinski definition) is 4. The van der Waals surface area contributed by atoms with E-state index >= 15 is 0 Å². The Morgan fingerprint density at radius 1 is 1.21 bits per heavy atom. The van der Waals surface area contributed by atoms with E-state index in [2.05, 4.69) is 28.4 Å². The van der Waals surface area contributed by atoms with Crippen molar-refractivity contribution in [3.8, 4) is 12.3 Å². The summed E-state index contributed by atoms with van der Waals surface area (Å²) in [6.45, 7) is 4.74. The van der Waals surface area contributed by atoms with Crippen molar-refractivity contribution in [2.45, 2.75) is 58.5 Å². The van der Waals surface area contributed by atoms with Gasteiger partial charge < -0.3 is 11.1 Å². The van der Waals surface area contributed by atoms with Crippen LogP contribution in [0.1, 0.15) is 57.1 Å². The maximum Gasteiger partial charge on any atom is 0.131 e. The number of thiophene rings is 1. The standard InChI is InChI=1S/C16H11ClN2S.C6H13N.C2H6/c1-2-12-10-20-16-13(8-14(17)19-15(12)16)18-9-11-6-4-3-5-7-11;7-6-4-2-1-3-5-6;1-2/h1,3-8,10H,9H2,(H,18,19);6H,1-5,7H2;1-2H3. The van der Waals surface area contributed by atoms with Gasteiger partial charge in [0.15, 0.2) is 0 Å². The van der Waals surface area contributed by atoms with Crippen LogP contribution in [0.5, 0.6) is 0 Å². The Kier molecular flexibility index (Phi) is 10.0. The number of pyridine rings is 1. The molecule has 0 radical (unpaired) electrons. The first-order valence-electron chi connectivity index (χ1n) is 10.2. The molecule has 2 aromatic heterocycles. The average molecular weight is 428 g/mol. The fourth-order valence-electron chi connectivity index (χ4n) is 3.14. The quantitative estimate of drug-likeness (QED) is 0.355.